The first-order chi connectivity index (χ1) is 10.6. The number of ether oxygens (including phenoxy) is 1. The zero-order chi connectivity index (χ0) is 15.9. The van der Waals surface area contributed by atoms with Gasteiger partial charge in [0.05, 0.1) is 0 Å². The van der Waals surface area contributed by atoms with Crippen molar-refractivity contribution in [3.8, 4) is 0 Å². The van der Waals surface area contributed by atoms with Crippen LogP contribution in [0.1, 0.15) is 63.3 Å². The lowest BCUT2D eigenvalue weighted by molar-refractivity contribution is 0.115. The summed E-state index contributed by atoms with van der Waals surface area (Å²) in [5, 5.41) is 0. The Kier molecular flexibility index (Phi) is 7.50. The average Bonchev–Trinajstić information content (AvgIpc) is 2.52. The minimum Gasteiger partial charge on any atom is -0.368 e. The molecule has 0 aromatic carbocycles. The Morgan fingerprint density at radius 2 is 1.86 bits per heavy atom. The zero-order valence-electron chi connectivity index (χ0n) is 14.0. The second kappa shape index (κ2) is 9.13. The molecule has 4 nitrogen and oxygen atoms in total. The fraction of sp³-hybridized carbons (Fsp3) is 0.765. The molecule has 5 heteroatoms. The van der Waals surface area contributed by atoms with Crippen LogP contribution in [-0.4, -0.2) is 45.2 Å². The van der Waals surface area contributed by atoms with Crippen molar-refractivity contribution in [1.29, 1.82) is 0 Å². The summed E-state index contributed by atoms with van der Waals surface area (Å²) in [6.07, 6.45) is 7.64. The number of likely N-dealkylation sites (tertiary alicyclic amines) is 1. The summed E-state index contributed by atoms with van der Waals surface area (Å²) in [5.74, 6) is 1.98. The van der Waals surface area contributed by atoms with Gasteiger partial charge >= 0.3 is 0 Å². The van der Waals surface area contributed by atoms with Gasteiger partial charge in [-0.1, -0.05) is 36.4 Å². The van der Waals surface area contributed by atoms with E-state index in [-0.39, 0.29) is 0 Å². The predicted octanol–water partition coefficient (Wildman–Crippen LogP) is 3.97. The fourth-order valence-electron chi connectivity index (χ4n) is 2.88. The topological polar surface area (TPSA) is 38.2 Å². The first kappa shape index (κ1) is 18.1. The lowest BCUT2D eigenvalue weighted by Gasteiger charge is -2.32. The number of piperidine rings is 1. The highest BCUT2D eigenvalue weighted by Gasteiger charge is 2.21. The predicted molar refractivity (Wildman–Crippen MR) is 98.6 cm³/mol. The monoisotopic (exact) mass is 417 g/mol. The fourth-order valence-corrected chi connectivity index (χ4v) is 3.14. The smallest absolute Gasteiger partial charge is 0.130 e. The first-order valence-electron chi connectivity index (χ1n) is 8.36. The van der Waals surface area contributed by atoms with Gasteiger partial charge in [-0.2, -0.15) is 0 Å². The van der Waals surface area contributed by atoms with Crippen LogP contribution in [0.5, 0.6) is 0 Å². The van der Waals surface area contributed by atoms with Crippen LogP contribution < -0.4 is 0 Å². The Hall–Kier alpha value is -0.270. The van der Waals surface area contributed by atoms with E-state index in [0.29, 0.717) is 15.9 Å². The molecule has 0 aliphatic carbocycles. The minimum atomic E-state index is 0.317. The largest absolute Gasteiger partial charge is 0.368 e. The molecule has 22 heavy (non-hydrogen) atoms. The van der Waals surface area contributed by atoms with Crippen molar-refractivity contribution in [2.45, 2.75) is 56.0 Å². The summed E-state index contributed by atoms with van der Waals surface area (Å²) >= 11 is 2.30. The molecule has 0 saturated carbocycles. The van der Waals surface area contributed by atoms with E-state index in [1.807, 2.05) is 12.4 Å². The third-order valence-corrected chi connectivity index (χ3v) is 4.59. The summed E-state index contributed by atoms with van der Waals surface area (Å²) in [6, 6.07) is 0. The van der Waals surface area contributed by atoms with Gasteiger partial charge in [-0.3, -0.25) is 0 Å². The van der Waals surface area contributed by atoms with Crippen LogP contribution in [0.3, 0.4) is 0 Å². The number of halogens is 1. The molecule has 1 fully saturated rings. The van der Waals surface area contributed by atoms with Crippen molar-refractivity contribution in [3.05, 3.63) is 23.8 Å². The summed E-state index contributed by atoms with van der Waals surface area (Å²) in [6.45, 7) is 10.7. The molecule has 0 radical (unpaired) electrons. The molecule has 0 amide bonds. The molecule has 1 aromatic rings. The van der Waals surface area contributed by atoms with Crippen molar-refractivity contribution in [2.75, 3.05) is 26.2 Å². The van der Waals surface area contributed by atoms with E-state index in [9.17, 15) is 0 Å². The quantitative estimate of drug-likeness (QED) is 0.382. The third-order valence-electron chi connectivity index (χ3n) is 4.23. The second-order valence-electron chi connectivity index (χ2n) is 6.41. The summed E-state index contributed by atoms with van der Waals surface area (Å²) < 4.78 is 5.91. The van der Waals surface area contributed by atoms with Crippen molar-refractivity contribution in [3.63, 3.8) is 0 Å². The lowest BCUT2D eigenvalue weighted by atomic mass is 9.91. The maximum absolute atomic E-state index is 5.60. The van der Waals surface area contributed by atoms with Gasteiger partial charge < -0.3 is 9.64 Å². The summed E-state index contributed by atoms with van der Waals surface area (Å²) in [7, 11) is 0. The van der Waals surface area contributed by atoms with Gasteiger partial charge in [-0.25, -0.2) is 9.97 Å². The van der Waals surface area contributed by atoms with E-state index < -0.39 is 0 Å². The normalized spacial score (nSPS) is 18.8. The second-order valence-corrected chi connectivity index (χ2v) is 8.17. The number of hydrogen-bond donors (Lipinski definition) is 0. The van der Waals surface area contributed by atoms with Crippen molar-refractivity contribution in [2.24, 2.45) is 0 Å². The van der Waals surface area contributed by atoms with Crippen molar-refractivity contribution >= 4 is 22.6 Å². The zero-order valence-corrected chi connectivity index (χ0v) is 16.1. The number of aromatic nitrogens is 2. The number of rotatable bonds is 7. The summed E-state index contributed by atoms with van der Waals surface area (Å²) in [5.41, 5.74) is 1.31. The highest BCUT2D eigenvalue weighted by Crippen LogP contribution is 2.27. The minimum absolute atomic E-state index is 0.317. The molecule has 1 aliphatic heterocycles. The van der Waals surface area contributed by atoms with Gasteiger partial charge in [-0.05, 0) is 50.8 Å². The first-order valence-corrected chi connectivity index (χ1v) is 9.60. The van der Waals surface area contributed by atoms with Gasteiger partial charge in [0, 0.05) is 31.5 Å². The molecule has 1 atom stereocenters. The molecule has 0 N–H and O–H groups in total. The molecule has 0 bridgehead atoms. The van der Waals surface area contributed by atoms with Gasteiger partial charge in [0.1, 0.15) is 9.94 Å². The Morgan fingerprint density at radius 3 is 2.41 bits per heavy atom. The Bertz CT molecular complexity index is 428. The van der Waals surface area contributed by atoms with Crippen LogP contribution in [0.2, 0.25) is 0 Å². The standard InChI is InChI=1S/C17H28IN3O/c1-13(2)17-19-11-16(12-20-17)15-5-8-21(9-6-15)7-4-10-22-14(3)18/h11-15H,4-10H2,1-3H3. The SMILES string of the molecule is CC(I)OCCCN1CCC(c2cnc(C(C)C)nc2)CC1. The number of nitrogens with zero attached hydrogens (tertiary/aromatic N) is 3. The van der Waals surface area contributed by atoms with Crippen LogP contribution in [0, 0.1) is 0 Å². The molecule has 1 unspecified atom stereocenters. The van der Waals surface area contributed by atoms with Crippen molar-refractivity contribution < 1.29 is 4.74 Å². The summed E-state index contributed by atoms with van der Waals surface area (Å²) in [4.78, 5) is 11.6. The van der Waals surface area contributed by atoms with Crippen LogP contribution in [0.4, 0.5) is 0 Å². The maximum Gasteiger partial charge on any atom is 0.130 e. The average molecular weight is 417 g/mol. The molecule has 1 saturated heterocycles. The van der Waals surface area contributed by atoms with Crippen LogP contribution >= 0.6 is 22.6 Å². The molecule has 124 valence electrons. The number of hydrogen-bond acceptors (Lipinski definition) is 4. The Labute approximate surface area is 148 Å². The molecule has 0 spiro atoms. The molecule has 2 heterocycles. The Morgan fingerprint density at radius 1 is 1.23 bits per heavy atom. The van der Waals surface area contributed by atoms with Crippen LogP contribution in [0.25, 0.3) is 0 Å². The molecule has 2 rings (SSSR count). The highest BCUT2D eigenvalue weighted by atomic mass is 127. The number of alkyl halides is 1. The van der Waals surface area contributed by atoms with E-state index >= 15 is 0 Å². The maximum atomic E-state index is 5.60. The van der Waals surface area contributed by atoms with Gasteiger partial charge in [0.2, 0.25) is 0 Å². The van der Waals surface area contributed by atoms with Gasteiger partial charge in [-0.15, -0.1) is 0 Å². The van der Waals surface area contributed by atoms with E-state index in [1.165, 1.54) is 31.5 Å². The molecule has 1 aromatic heterocycles. The van der Waals surface area contributed by atoms with E-state index in [0.717, 1.165) is 25.4 Å². The van der Waals surface area contributed by atoms with Crippen LogP contribution in [0.15, 0.2) is 12.4 Å². The van der Waals surface area contributed by atoms with Crippen molar-refractivity contribution in [1.82, 2.24) is 14.9 Å². The van der Waals surface area contributed by atoms with Gasteiger partial charge in [0.25, 0.3) is 0 Å². The molecular weight excluding hydrogens is 389 g/mol. The lowest BCUT2D eigenvalue weighted by Crippen LogP contribution is -2.34. The molecular formula is C17H28IN3O. The highest BCUT2D eigenvalue weighted by molar-refractivity contribution is 14.1. The molecule has 1 aliphatic rings. The van der Waals surface area contributed by atoms with E-state index in [4.69, 9.17) is 4.74 Å². The third kappa shape index (κ3) is 5.74. The van der Waals surface area contributed by atoms with Crippen LogP contribution in [-0.2, 0) is 4.74 Å². The van der Waals surface area contributed by atoms with Gasteiger partial charge in [0.15, 0.2) is 0 Å². The van der Waals surface area contributed by atoms with E-state index in [1.54, 1.807) is 0 Å². The van der Waals surface area contributed by atoms with E-state index in [2.05, 4.69) is 58.2 Å². The Balaban J connectivity index is 1.72.